The molecule has 2 N–H and O–H groups in total. The number of H-pyrrole nitrogens is 1. The quantitative estimate of drug-likeness (QED) is 0.809. The third kappa shape index (κ3) is 5.30. The SMILES string of the molecule is CN1CCCC[C@H]1CCC(=O)NCCc1cc(=O)[nH]cn1. The molecule has 6 nitrogen and oxygen atoms in total. The molecule has 0 saturated carbocycles. The van der Waals surface area contributed by atoms with E-state index in [1.807, 2.05) is 0 Å². The summed E-state index contributed by atoms with van der Waals surface area (Å²) in [4.78, 5) is 31.8. The van der Waals surface area contributed by atoms with Crippen molar-refractivity contribution in [2.45, 2.75) is 44.6 Å². The highest BCUT2D eigenvalue weighted by molar-refractivity contribution is 5.75. The highest BCUT2D eigenvalue weighted by Gasteiger charge is 2.19. The van der Waals surface area contributed by atoms with Crippen LogP contribution in [-0.2, 0) is 11.2 Å². The van der Waals surface area contributed by atoms with Gasteiger partial charge in [0, 0.05) is 37.2 Å². The van der Waals surface area contributed by atoms with Crippen molar-refractivity contribution < 1.29 is 4.79 Å². The van der Waals surface area contributed by atoms with Gasteiger partial charge in [-0.05, 0) is 32.9 Å². The maximum atomic E-state index is 11.8. The lowest BCUT2D eigenvalue weighted by Gasteiger charge is -2.32. The van der Waals surface area contributed by atoms with Crippen molar-refractivity contribution in [1.29, 1.82) is 0 Å². The average Bonchev–Trinajstić information content (AvgIpc) is 2.46. The van der Waals surface area contributed by atoms with Gasteiger partial charge in [-0.25, -0.2) is 4.98 Å². The molecule has 1 saturated heterocycles. The summed E-state index contributed by atoms with van der Waals surface area (Å²) < 4.78 is 0. The molecular formula is C15H24N4O2. The number of nitrogens with one attached hydrogen (secondary N) is 2. The molecule has 0 radical (unpaired) electrons. The van der Waals surface area contributed by atoms with Gasteiger partial charge in [-0.1, -0.05) is 6.42 Å². The number of carbonyl (C=O) groups excluding carboxylic acids is 1. The molecule has 116 valence electrons. The van der Waals surface area contributed by atoms with Gasteiger partial charge in [-0.3, -0.25) is 9.59 Å². The topological polar surface area (TPSA) is 78.1 Å². The summed E-state index contributed by atoms with van der Waals surface area (Å²) in [6, 6.07) is 2.00. The zero-order valence-electron chi connectivity index (χ0n) is 12.6. The van der Waals surface area contributed by atoms with Crippen molar-refractivity contribution >= 4 is 5.91 Å². The van der Waals surface area contributed by atoms with Crippen molar-refractivity contribution in [2.75, 3.05) is 20.1 Å². The van der Waals surface area contributed by atoms with Crippen LogP contribution < -0.4 is 10.9 Å². The molecule has 1 amide bonds. The molecule has 1 aliphatic rings. The number of likely N-dealkylation sites (tertiary alicyclic amines) is 1. The van der Waals surface area contributed by atoms with Crippen molar-refractivity contribution in [2.24, 2.45) is 0 Å². The number of aromatic amines is 1. The molecule has 0 aliphatic carbocycles. The van der Waals surface area contributed by atoms with E-state index in [0.29, 0.717) is 31.1 Å². The van der Waals surface area contributed by atoms with E-state index in [-0.39, 0.29) is 11.5 Å². The number of rotatable bonds is 6. The van der Waals surface area contributed by atoms with E-state index in [9.17, 15) is 9.59 Å². The van der Waals surface area contributed by atoms with Crippen LogP contribution in [0.1, 0.15) is 37.8 Å². The summed E-state index contributed by atoms with van der Waals surface area (Å²) in [5, 5.41) is 2.90. The first-order chi connectivity index (χ1) is 10.1. The van der Waals surface area contributed by atoms with Crippen LogP contribution in [0, 0.1) is 0 Å². The van der Waals surface area contributed by atoms with E-state index in [4.69, 9.17) is 0 Å². The van der Waals surface area contributed by atoms with Crippen LogP contribution in [0.2, 0.25) is 0 Å². The standard InChI is InChI=1S/C15H24N4O2/c1-19-9-3-2-4-13(19)5-6-14(20)16-8-7-12-10-15(21)18-11-17-12/h10-11,13H,2-9H2,1H3,(H,16,20)(H,17,18,21)/t13-/m0/s1. The Morgan fingerprint density at radius 3 is 3.14 bits per heavy atom. The largest absolute Gasteiger partial charge is 0.356 e. The number of piperidine rings is 1. The van der Waals surface area contributed by atoms with E-state index in [1.165, 1.54) is 31.7 Å². The summed E-state index contributed by atoms with van der Waals surface area (Å²) in [6.45, 7) is 1.66. The number of amides is 1. The Balaban J connectivity index is 1.64. The second-order valence-corrected chi connectivity index (χ2v) is 5.67. The van der Waals surface area contributed by atoms with Crippen molar-refractivity contribution in [3.8, 4) is 0 Å². The normalized spacial score (nSPS) is 19.4. The Bertz CT molecular complexity index is 514. The Morgan fingerprint density at radius 1 is 1.52 bits per heavy atom. The predicted octanol–water partition coefficient (Wildman–Crippen LogP) is 0.693. The number of aromatic nitrogens is 2. The lowest BCUT2D eigenvalue weighted by atomic mass is 9.98. The molecule has 0 unspecified atom stereocenters. The molecule has 1 fully saturated rings. The van der Waals surface area contributed by atoms with Crippen LogP contribution in [0.25, 0.3) is 0 Å². The van der Waals surface area contributed by atoms with E-state index >= 15 is 0 Å². The molecular weight excluding hydrogens is 268 g/mol. The molecule has 0 aromatic carbocycles. The van der Waals surface area contributed by atoms with Gasteiger partial charge in [-0.2, -0.15) is 0 Å². The van der Waals surface area contributed by atoms with Gasteiger partial charge < -0.3 is 15.2 Å². The Hall–Kier alpha value is -1.69. The molecule has 21 heavy (non-hydrogen) atoms. The fourth-order valence-corrected chi connectivity index (χ4v) is 2.77. The molecule has 6 heteroatoms. The van der Waals surface area contributed by atoms with Gasteiger partial charge in [0.2, 0.25) is 5.91 Å². The van der Waals surface area contributed by atoms with Gasteiger partial charge >= 0.3 is 0 Å². The lowest BCUT2D eigenvalue weighted by molar-refractivity contribution is -0.121. The van der Waals surface area contributed by atoms with E-state index < -0.39 is 0 Å². The third-order valence-corrected chi connectivity index (χ3v) is 4.06. The highest BCUT2D eigenvalue weighted by atomic mass is 16.1. The van der Waals surface area contributed by atoms with Crippen LogP contribution >= 0.6 is 0 Å². The van der Waals surface area contributed by atoms with Crippen molar-refractivity contribution in [3.05, 3.63) is 28.4 Å². The van der Waals surface area contributed by atoms with Crippen molar-refractivity contribution in [3.63, 3.8) is 0 Å². The maximum absolute atomic E-state index is 11.8. The second-order valence-electron chi connectivity index (χ2n) is 5.67. The average molecular weight is 292 g/mol. The van der Waals surface area contributed by atoms with Gasteiger partial charge in [0.1, 0.15) is 0 Å². The zero-order valence-corrected chi connectivity index (χ0v) is 12.6. The number of nitrogens with zero attached hydrogens (tertiary/aromatic N) is 2. The van der Waals surface area contributed by atoms with Crippen LogP contribution in [-0.4, -0.2) is 47.0 Å². The first-order valence-corrected chi connectivity index (χ1v) is 7.65. The fourth-order valence-electron chi connectivity index (χ4n) is 2.77. The lowest BCUT2D eigenvalue weighted by Crippen LogP contribution is -2.37. The molecule has 1 aromatic rings. The van der Waals surface area contributed by atoms with Crippen LogP contribution in [0.3, 0.4) is 0 Å². The second kappa shape index (κ2) is 7.93. The van der Waals surface area contributed by atoms with E-state index in [1.54, 1.807) is 0 Å². The Labute approximate surface area is 125 Å². The molecule has 1 aromatic heterocycles. The van der Waals surface area contributed by atoms with E-state index in [0.717, 1.165) is 13.0 Å². The van der Waals surface area contributed by atoms with Crippen LogP contribution in [0.4, 0.5) is 0 Å². The molecule has 2 rings (SSSR count). The van der Waals surface area contributed by atoms with Gasteiger partial charge in [0.05, 0.1) is 6.33 Å². The Morgan fingerprint density at radius 2 is 2.38 bits per heavy atom. The van der Waals surface area contributed by atoms with Crippen molar-refractivity contribution in [1.82, 2.24) is 20.2 Å². The third-order valence-electron chi connectivity index (χ3n) is 4.06. The first-order valence-electron chi connectivity index (χ1n) is 7.65. The Kier molecular flexibility index (Phi) is 5.92. The monoisotopic (exact) mass is 292 g/mol. The predicted molar refractivity (Wildman–Crippen MR) is 81.1 cm³/mol. The van der Waals surface area contributed by atoms with Gasteiger partial charge in [-0.15, -0.1) is 0 Å². The zero-order chi connectivity index (χ0) is 15.1. The molecule has 2 heterocycles. The first kappa shape index (κ1) is 15.7. The smallest absolute Gasteiger partial charge is 0.250 e. The van der Waals surface area contributed by atoms with E-state index in [2.05, 4.69) is 27.2 Å². The molecule has 1 atom stereocenters. The summed E-state index contributed by atoms with van der Waals surface area (Å²) in [5.41, 5.74) is 0.540. The summed E-state index contributed by atoms with van der Waals surface area (Å²) in [6.07, 6.45) is 7.19. The number of hydrogen-bond acceptors (Lipinski definition) is 4. The maximum Gasteiger partial charge on any atom is 0.250 e. The minimum absolute atomic E-state index is 0.0822. The number of hydrogen-bond donors (Lipinski definition) is 2. The molecule has 0 spiro atoms. The minimum atomic E-state index is -0.160. The summed E-state index contributed by atoms with van der Waals surface area (Å²) in [5.74, 6) is 0.0822. The van der Waals surface area contributed by atoms with Gasteiger partial charge in [0.15, 0.2) is 0 Å². The minimum Gasteiger partial charge on any atom is -0.356 e. The summed E-state index contributed by atoms with van der Waals surface area (Å²) in [7, 11) is 2.14. The van der Waals surface area contributed by atoms with Crippen LogP contribution in [0.15, 0.2) is 17.2 Å². The fraction of sp³-hybridized carbons (Fsp3) is 0.667. The summed E-state index contributed by atoms with van der Waals surface area (Å²) >= 11 is 0. The van der Waals surface area contributed by atoms with Crippen LogP contribution in [0.5, 0.6) is 0 Å². The number of carbonyl (C=O) groups is 1. The molecule has 0 bridgehead atoms. The van der Waals surface area contributed by atoms with Gasteiger partial charge in [0.25, 0.3) is 5.56 Å². The highest BCUT2D eigenvalue weighted by Crippen LogP contribution is 2.18. The molecule has 1 aliphatic heterocycles.